The number of benzene rings is 2. The molecule has 3 aromatic rings. The number of hydrogen-bond donors (Lipinski definition) is 0. The van der Waals surface area contributed by atoms with Crippen molar-refractivity contribution in [2.24, 2.45) is 5.92 Å². The summed E-state index contributed by atoms with van der Waals surface area (Å²) in [5.41, 5.74) is 1.59. The van der Waals surface area contributed by atoms with Gasteiger partial charge in [0, 0.05) is 33.6 Å². The maximum Gasteiger partial charge on any atom is 0.254 e. The fraction of sp³-hybridized carbons (Fsp3) is 0.333. The smallest absolute Gasteiger partial charge is 0.254 e. The fourth-order valence-corrected chi connectivity index (χ4v) is 5.54. The van der Waals surface area contributed by atoms with Gasteiger partial charge in [0.15, 0.2) is 0 Å². The van der Waals surface area contributed by atoms with Gasteiger partial charge in [0.1, 0.15) is 18.9 Å². The average molecular weight is 532 g/mol. The summed E-state index contributed by atoms with van der Waals surface area (Å²) in [5, 5.41) is 3.19. The minimum Gasteiger partial charge on any atom is -0.491 e. The predicted octanol–water partition coefficient (Wildman–Crippen LogP) is 6.36. The molecule has 35 heavy (non-hydrogen) atoms. The van der Waals surface area contributed by atoms with Crippen LogP contribution >= 0.6 is 34.5 Å². The highest BCUT2D eigenvalue weighted by Crippen LogP contribution is 2.34. The van der Waals surface area contributed by atoms with Crippen LogP contribution < -0.4 is 4.74 Å². The van der Waals surface area contributed by atoms with E-state index in [2.05, 4.69) is 11.4 Å². The van der Waals surface area contributed by atoms with Gasteiger partial charge in [0.25, 0.3) is 5.91 Å². The Bertz CT molecular complexity index is 1180. The summed E-state index contributed by atoms with van der Waals surface area (Å²) in [5.74, 6) is 0.612. The fourth-order valence-electron chi connectivity index (χ4n) is 4.30. The van der Waals surface area contributed by atoms with E-state index < -0.39 is 0 Å². The lowest BCUT2D eigenvalue weighted by molar-refractivity contribution is -0.135. The third-order valence-electron chi connectivity index (χ3n) is 5.91. The Morgan fingerprint density at radius 2 is 1.89 bits per heavy atom. The first kappa shape index (κ1) is 25.5. The third-order valence-corrected chi connectivity index (χ3v) is 7.39. The number of amides is 2. The van der Waals surface area contributed by atoms with Crippen LogP contribution in [0.5, 0.6) is 5.75 Å². The quantitative estimate of drug-likeness (QED) is 0.340. The van der Waals surface area contributed by atoms with Crippen molar-refractivity contribution in [3.05, 3.63) is 86.0 Å². The van der Waals surface area contributed by atoms with Crippen LogP contribution in [0.4, 0.5) is 0 Å². The van der Waals surface area contributed by atoms with Gasteiger partial charge in [0.05, 0.1) is 6.04 Å². The molecule has 1 aliphatic heterocycles. The van der Waals surface area contributed by atoms with E-state index in [-0.39, 0.29) is 30.3 Å². The van der Waals surface area contributed by atoms with Crippen LogP contribution in [0.3, 0.4) is 0 Å². The maximum atomic E-state index is 13.6. The van der Waals surface area contributed by atoms with Crippen LogP contribution in [0.15, 0.2) is 60.0 Å². The van der Waals surface area contributed by atoms with Crippen molar-refractivity contribution in [3.8, 4) is 5.75 Å². The number of carbonyl (C=O) groups is 2. The molecule has 1 aromatic heterocycles. The van der Waals surface area contributed by atoms with Gasteiger partial charge in [-0.15, -0.1) is 11.3 Å². The van der Waals surface area contributed by atoms with Crippen molar-refractivity contribution in [1.82, 2.24) is 9.80 Å². The van der Waals surface area contributed by atoms with Crippen molar-refractivity contribution in [2.45, 2.75) is 26.3 Å². The second kappa shape index (κ2) is 11.5. The number of ether oxygens (including phenoxy) is 1. The first-order chi connectivity index (χ1) is 16.8. The SMILES string of the molecule is CC(C)CN(CC(=O)N1CCc2sccc2[C@@H]1COc1ccc(Cl)cc1)C(=O)c1cccc(Cl)c1. The number of thiophene rings is 1. The molecule has 2 amide bonds. The van der Waals surface area contributed by atoms with Gasteiger partial charge >= 0.3 is 0 Å². The van der Waals surface area contributed by atoms with E-state index in [0.29, 0.717) is 41.1 Å². The van der Waals surface area contributed by atoms with E-state index in [1.165, 1.54) is 4.88 Å². The Kier molecular flexibility index (Phi) is 8.37. The number of nitrogens with zero attached hydrogens (tertiary/aromatic N) is 2. The molecule has 0 radical (unpaired) electrons. The van der Waals surface area contributed by atoms with Crippen molar-refractivity contribution < 1.29 is 14.3 Å². The molecule has 0 unspecified atom stereocenters. The van der Waals surface area contributed by atoms with E-state index in [1.54, 1.807) is 52.6 Å². The minimum atomic E-state index is -0.227. The lowest BCUT2D eigenvalue weighted by atomic mass is 10.00. The van der Waals surface area contributed by atoms with Gasteiger partial charge in [-0.25, -0.2) is 0 Å². The summed E-state index contributed by atoms with van der Waals surface area (Å²) >= 11 is 13.8. The lowest BCUT2D eigenvalue weighted by Crippen LogP contribution is -2.48. The highest BCUT2D eigenvalue weighted by atomic mass is 35.5. The van der Waals surface area contributed by atoms with Crippen LogP contribution in [0.1, 0.15) is 40.7 Å². The average Bonchev–Trinajstić information content (AvgIpc) is 3.31. The largest absolute Gasteiger partial charge is 0.491 e. The van der Waals surface area contributed by atoms with Gasteiger partial charge < -0.3 is 14.5 Å². The molecule has 2 aromatic carbocycles. The maximum absolute atomic E-state index is 13.6. The van der Waals surface area contributed by atoms with E-state index in [0.717, 1.165) is 12.0 Å². The van der Waals surface area contributed by atoms with Gasteiger partial charge in [-0.1, -0.05) is 43.1 Å². The molecule has 8 heteroatoms. The first-order valence-corrected chi connectivity index (χ1v) is 13.2. The van der Waals surface area contributed by atoms with E-state index in [4.69, 9.17) is 27.9 Å². The minimum absolute atomic E-state index is 0.000439. The molecule has 2 heterocycles. The molecule has 1 atom stereocenters. The van der Waals surface area contributed by atoms with Crippen LogP contribution in [0.2, 0.25) is 10.0 Å². The Hall–Kier alpha value is -2.54. The number of carbonyl (C=O) groups excluding carboxylic acids is 2. The molecule has 0 saturated carbocycles. The molecule has 0 saturated heterocycles. The zero-order chi connectivity index (χ0) is 24.9. The van der Waals surface area contributed by atoms with Crippen LogP contribution in [-0.4, -0.2) is 47.9 Å². The topological polar surface area (TPSA) is 49.9 Å². The first-order valence-electron chi connectivity index (χ1n) is 11.6. The van der Waals surface area contributed by atoms with E-state index in [1.807, 2.05) is 30.9 Å². The molecule has 4 rings (SSSR count). The van der Waals surface area contributed by atoms with Crippen molar-refractivity contribution in [2.75, 3.05) is 26.2 Å². The van der Waals surface area contributed by atoms with Gasteiger partial charge in [0.2, 0.25) is 5.91 Å². The highest BCUT2D eigenvalue weighted by Gasteiger charge is 2.33. The van der Waals surface area contributed by atoms with Crippen LogP contribution in [0, 0.1) is 5.92 Å². The molecular weight excluding hydrogens is 503 g/mol. The summed E-state index contributed by atoms with van der Waals surface area (Å²) in [6, 6.07) is 15.9. The lowest BCUT2D eigenvalue weighted by Gasteiger charge is -2.37. The number of rotatable bonds is 8. The summed E-state index contributed by atoms with van der Waals surface area (Å²) in [6.07, 6.45) is 0.794. The monoisotopic (exact) mass is 530 g/mol. The Morgan fingerprint density at radius 1 is 1.11 bits per heavy atom. The molecule has 5 nitrogen and oxygen atoms in total. The normalized spacial score (nSPS) is 15.1. The van der Waals surface area contributed by atoms with Gasteiger partial charge in [-0.3, -0.25) is 9.59 Å². The van der Waals surface area contributed by atoms with Crippen LogP contribution in [-0.2, 0) is 11.2 Å². The standard InChI is InChI=1S/C27H28Cl2N2O3S/c1-18(2)15-30(27(33)19-4-3-5-21(29)14-19)16-26(32)31-12-10-25-23(11-13-35-25)24(31)17-34-22-8-6-20(28)7-9-22/h3-9,11,13-14,18,24H,10,12,15-17H2,1-2H3/t24-/m0/s1. The molecule has 0 aliphatic carbocycles. The van der Waals surface area contributed by atoms with Crippen molar-refractivity contribution in [1.29, 1.82) is 0 Å². The summed E-state index contributed by atoms with van der Waals surface area (Å²) in [7, 11) is 0. The molecule has 1 aliphatic rings. The second-order valence-electron chi connectivity index (χ2n) is 9.01. The van der Waals surface area contributed by atoms with Crippen molar-refractivity contribution >= 4 is 46.4 Å². The summed E-state index contributed by atoms with van der Waals surface area (Å²) in [6.45, 7) is 5.44. The number of hydrogen-bond acceptors (Lipinski definition) is 4. The molecule has 0 spiro atoms. The predicted molar refractivity (Wildman–Crippen MR) is 142 cm³/mol. The van der Waals surface area contributed by atoms with Crippen molar-refractivity contribution in [3.63, 3.8) is 0 Å². The van der Waals surface area contributed by atoms with Crippen LogP contribution in [0.25, 0.3) is 0 Å². The van der Waals surface area contributed by atoms with Gasteiger partial charge in [-0.05, 0) is 71.8 Å². The molecule has 0 N–H and O–H groups in total. The Morgan fingerprint density at radius 3 is 2.60 bits per heavy atom. The second-order valence-corrected chi connectivity index (χ2v) is 10.9. The zero-order valence-electron chi connectivity index (χ0n) is 19.7. The van der Waals surface area contributed by atoms with E-state index >= 15 is 0 Å². The Balaban J connectivity index is 1.53. The number of fused-ring (bicyclic) bond motifs is 1. The molecule has 0 fully saturated rings. The van der Waals surface area contributed by atoms with Gasteiger partial charge in [-0.2, -0.15) is 0 Å². The molecule has 0 bridgehead atoms. The number of halogens is 2. The summed E-state index contributed by atoms with van der Waals surface area (Å²) < 4.78 is 6.06. The summed E-state index contributed by atoms with van der Waals surface area (Å²) in [4.78, 5) is 31.7. The highest BCUT2D eigenvalue weighted by molar-refractivity contribution is 7.10. The molecule has 184 valence electrons. The third kappa shape index (κ3) is 6.37. The van der Waals surface area contributed by atoms with E-state index in [9.17, 15) is 9.59 Å². The zero-order valence-corrected chi connectivity index (χ0v) is 22.1. The Labute approximate surface area is 220 Å². The molecular formula is C27H28Cl2N2O3S.